The second kappa shape index (κ2) is 11.2. The number of nitrogens with one attached hydrogen (secondary N) is 3. The maximum Gasteiger partial charge on any atom is 0.325 e. The number of rotatable bonds is 9. The van der Waals surface area contributed by atoms with Gasteiger partial charge < -0.3 is 19.8 Å². The van der Waals surface area contributed by atoms with Crippen LogP contribution in [0.5, 0.6) is 11.5 Å². The van der Waals surface area contributed by atoms with Crippen LogP contribution in [0.4, 0.5) is 5.69 Å². The van der Waals surface area contributed by atoms with E-state index < -0.39 is 11.2 Å². The van der Waals surface area contributed by atoms with Gasteiger partial charge in [-0.1, -0.05) is 23.9 Å². The Morgan fingerprint density at radius 3 is 2.57 bits per heavy atom. The van der Waals surface area contributed by atoms with Crippen molar-refractivity contribution in [2.75, 3.05) is 25.3 Å². The van der Waals surface area contributed by atoms with Crippen molar-refractivity contribution in [3.05, 3.63) is 85.9 Å². The summed E-state index contributed by atoms with van der Waals surface area (Å²) in [6, 6.07) is 12.4. The van der Waals surface area contributed by atoms with Gasteiger partial charge in [-0.2, -0.15) is 0 Å². The van der Waals surface area contributed by atoms with Crippen LogP contribution in [0.2, 0.25) is 0 Å². The van der Waals surface area contributed by atoms with Crippen molar-refractivity contribution in [2.24, 2.45) is 0 Å². The largest absolute Gasteiger partial charge is 0.497 e. The lowest BCUT2D eigenvalue weighted by atomic mass is 10.1. The fourth-order valence-electron chi connectivity index (χ4n) is 3.71. The lowest BCUT2D eigenvalue weighted by Crippen LogP contribution is -2.23. The molecule has 0 radical (unpaired) electrons. The third kappa shape index (κ3) is 6.09. The number of H-pyrrole nitrogens is 2. The number of amides is 1. The van der Waals surface area contributed by atoms with Gasteiger partial charge in [-0.05, 0) is 43.2 Å². The van der Waals surface area contributed by atoms with E-state index in [0.29, 0.717) is 33.9 Å². The minimum Gasteiger partial charge on any atom is -0.497 e. The van der Waals surface area contributed by atoms with E-state index in [4.69, 9.17) is 9.47 Å². The highest BCUT2D eigenvalue weighted by Gasteiger charge is 2.19. The molecule has 2 aromatic heterocycles. The van der Waals surface area contributed by atoms with Crippen molar-refractivity contribution < 1.29 is 14.3 Å². The summed E-state index contributed by atoms with van der Waals surface area (Å²) in [7, 11) is 3.07. The number of benzene rings is 2. The molecule has 37 heavy (non-hydrogen) atoms. The predicted octanol–water partition coefficient (Wildman–Crippen LogP) is 2.60. The van der Waals surface area contributed by atoms with Gasteiger partial charge in [0.2, 0.25) is 5.91 Å². The first kappa shape index (κ1) is 25.8. The number of ether oxygens (including phenoxy) is 2. The first-order chi connectivity index (χ1) is 17.8. The topological polar surface area (TPSA) is 144 Å². The number of methoxy groups -OCH3 is 2. The molecular weight excluding hydrogens is 496 g/mol. The van der Waals surface area contributed by atoms with Crippen LogP contribution in [0.1, 0.15) is 22.6 Å². The van der Waals surface area contributed by atoms with E-state index in [1.165, 1.54) is 24.9 Å². The summed E-state index contributed by atoms with van der Waals surface area (Å²) in [6.07, 6.45) is 0.162. The van der Waals surface area contributed by atoms with Crippen LogP contribution in [0.15, 0.2) is 57.2 Å². The number of hydrogen-bond acceptors (Lipinski definition) is 8. The molecule has 11 nitrogen and oxygen atoms in total. The summed E-state index contributed by atoms with van der Waals surface area (Å²) in [5, 5.41) is 12.0. The van der Waals surface area contributed by atoms with Crippen LogP contribution in [0.25, 0.3) is 5.69 Å². The molecule has 2 aromatic carbocycles. The van der Waals surface area contributed by atoms with Crippen molar-refractivity contribution >= 4 is 23.4 Å². The van der Waals surface area contributed by atoms with Crippen LogP contribution in [0.3, 0.4) is 0 Å². The van der Waals surface area contributed by atoms with Crippen molar-refractivity contribution in [2.45, 2.75) is 25.4 Å². The first-order valence-corrected chi connectivity index (χ1v) is 12.2. The van der Waals surface area contributed by atoms with Crippen LogP contribution >= 0.6 is 11.8 Å². The number of carbonyl (C=O) groups excluding carboxylic acids is 1. The van der Waals surface area contributed by atoms with E-state index in [2.05, 4.69) is 25.5 Å². The lowest BCUT2D eigenvalue weighted by molar-refractivity contribution is -0.113. The Labute approximate surface area is 216 Å². The van der Waals surface area contributed by atoms with E-state index in [1.54, 1.807) is 25.3 Å². The van der Waals surface area contributed by atoms with Gasteiger partial charge in [-0.3, -0.25) is 19.1 Å². The van der Waals surface area contributed by atoms with Gasteiger partial charge in [-0.25, -0.2) is 4.79 Å². The average molecular weight is 523 g/mol. The maximum atomic E-state index is 12.8. The number of nitrogens with zero attached hydrogens (tertiary/aromatic N) is 3. The molecule has 2 heterocycles. The van der Waals surface area contributed by atoms with E-state index in [1.807, 2.05) is 36.6 Å². The molecule has 0 spiro atoms. The fraction of sp³-hybridized carbons (Fsp3) is 0.240. The summed E-state index contributed by atoms with van der Waals surface area (Å²) in [5.74, 6) is 1.39. The van der Waals surface area contributed by atoms with Gasteiger partial charge in [0.25, 0.3) is 5.56 Å². The molecule has 0 aliphatic rings. The highest BCUT2D eigenvalue weighted by molar-refractivity contribution is 7.99. The van der Waals surface area contributed by atoms with Crippen molar-refractivity contribution in [3.63, 3.8) is 0 Å². The molecule has 3 N–H and O–H groups in total. The Morgan fingerprint density at radius 1 is 1.03 bits per heavy atom. The Balaban J connectivity index is 1.61. The zero-order valence-electron chi connectivity index (χ0n) is 20.7. The Kier molecular flexibility index (Phi) is 7.77. The molecule has 0 atom stereocenters. The highest BCUT2D eigenvalue weighted by atomic mass is 32.2. The SMILES string of the molecule is COc1ccc(NC(=O)CSc2nnc(Cc3cc(=O)[nH]c(=O)[nH]3)n2-c2cc(C)ccc2C)c(OC)c1. The molecule has 0 saturated heterocycles. The normalized spacial score (nSPS) is 10.8. The van der Waals surface area contributed by atoms with Crippen LogP contribution in [0, 0.1) is 13.8 Å². The van der Waals surface area contributed by atoms with Gasteiger partial charge in [0.15, 0.2) is 5.16 Å². The minimum absolute atomic E-state index is 0.0556. The fourth-order valence-corrected chi connectivity index (χ4v) is 4.48. The minimum atomic E-state index is -0.597. The number of hydrogen-bond donors (Lipinski definition) is 3. The summed E-state index contributed by atoms with van der Waals surface area (Å²) in [6.45, 7) is 3.94. The molecule has 1 amide bonds. The molecule has 0 aliphatic heterocycles. The average Bonchev–Trinajstić information content (AvgIpc) is 3.25. The highest BCUT2D eigenvalue weighted by Crippen LogP contribution is 2.30. The van der Waals surface area contributed by atoms with Gasteiger partial charge in [0.1, 0.15) is 17.3 Å². The third-order valence-corrected chi connectivity index (χ3v) is 6.41. The number of aryl methyl sites for hydroxylation is 2. The molecule has 0 bridgehead atoms. The van der Waals surface area contributed by atoms with Crippen LogP contribution in [-0.4, -0.2) is 50.6 Å². The summed E-state index contributed by atoms with van der Waals surface area (Å²) < 4.78 is 12.4. The predicted molar refractivity (Wildman–Crippen MR) is 140 cm³/mol. The summed E-state index contributed by atoms with van der Waals surface area (Å²) >= 11 is 1.21. The summed E-state index contributed by atoms with van der Waals surface area (Å²) in [4.78, 5) is 41.1. The van der Waals surface area contributed by atoms with Crippen LogP contribution < -0.4 is 26.0 Å². The van der Waals surface area contributed by atoms with Gasteiger partial charge in [0.05, 0.1) is 31.3 Å². The van der Waals surface area contributed by atoms with Crippen molar-refractivity contribution in [1.29, 1.82) is 0 Å². The van der Waals surface area contributed by atoms with E-state index in [9.17, 15) is 14.4 Å². The number of carbonyl (C=O) groups is 1. The van der Waals surface area contributed by atoms with E-state index in [-0.39, 0.29) is 18.1 Å². The van der Waals surface area contributed by atoms with Gasteiger partial charge >= 0.3 is 5.69 Å². The van der Waals surface area contributed by atoms with E-state index in [0.717, 1.165) is 16.8 Å². The molecule has 12 heteroatoms. The van der Waals surface area contributed by atoms with Crippen molar-refractivity contribution in [3.8, 4) is 17.2 Å². The smallest absolute Gasteiger partial charge is 0.325 e. The number of anilines is 1. The second-order valence-electron chi connectivity index (χ2n) is 8.22. The molecular formula is C25H26N6O5S. The number of aromatic amines is 2. The molecule has 4 rings (SSSR count). The van der Waals surface area contributed by atoms with Gasteiger partial charge in [-0.15, -0.1) is 10.2 Å². The first-order valence-electron chi connectivity index (χ1n) is 11.3. The molecule has 0 aliphatic carbocycles. The zero-order valence-corrected chi connectivity index (χ0v) is 21.6. The lowest BCUT2D eigenvalue weighted by Gasteiger charge is -2.14. The Bertz CT molecular complexity index is 1530. The second-order valence-corrected chi connectivity index (χ2v) is 9.16. The Morgan fingerprint density at radius 2 is 1.84 bits per heavy atom. The molecule has 192 valence electrons. The molecule has 0 fully saturated rings. The van der Waals surface area contributed by atoms with Gasteiger partial charge in [0, 0.05) is 24.2 Å². The van der Waals surface area contributed by atoms with Crippen molar-refractivity contribution in [1.82, 2.24) is 24.7 Å². The van der Waals surface area contributed by atoms with E-state index >= 15 is 0 Å². The number of thioether (sulfide) groups is 1. The third-order valence-electron chi connectivity index (χ3n) is 5.49. The molecule has 0 saturated carbocycles. The molecule has 4 aromatic rings. The molecule has 0 unspecified atom stereocenters. The quantitative estimate of drug-likeness (QED) is 0.285. The zero-order chi connectivity index (χ0) is 26.5. The maximum absolute atomic E-state index is 12.8. The summed E-state index contributed by atoms with van der Waals surface area (Å²) in [5.41, 5.74) is 2.66. The Hall–Kier alpha value is -4.32. The standard InChI is InChI=1S/C25H26N6O5S/c1-14-5-6-15(2)19(9-14)31-21(10-16-11-22(32)28-24(34)26-16)29-30-25(31)37-13-23(33)27-18-8-7-17(35-3)12-20(18)36-4/h5-9,11-12H,10,13H2,1-4H3,(H,27,33)(H2,26,28,32,34). The number of aromatic nitrogens is 5. The van der Waals surface area contributed by atoms with Crippen LogP contribution in [-0.2, 0) is 11.2 Å². The monoisotopic (exact) mass is 522 g/mol.